The fourth-order valence-corrected chi connectivity index (χ4v) is 2.59. The van der Waals surface area contributed by atoms with Gasteiger partial charge in [0.25, 0.3) is 0 Å². The molecule has 0 radical (unpaired) electrons. The summed E-state index contributed by atoms with van der Waals surface area (Å²) in [5.74, 6) is -0.132. The monoisotopic (exact) mass is 245 g/mol. The first-order chi connectivity index (χ1) is 8.83. The lowest BCUT2D eigenvalue weighted by molar-refractivity contribution is 0.501. The minimum absolute atomic E-state index is 0.132. The highest BCUT2D eigenvalue weighted by atomic mass is 19.1. The van der Waals surface area contributed by atoms with Crippen molar-refractivity contribution in [2.45, 2.75) is 25.4 Å². The number of hydrogen-bond acceptors (Lipinski definition) is 2. The fraction of sp³-hybridized carbons (Fsp3) is 0.357. The van der Waals surface area contributed by atoms with Crippen LogP contribution in [0.3, 0.4) is 0 Å². The molecule has 0 spiro atoms. The van der Waals surface area contributed by atoms with Crippen LogP contribution in [0.15, 0.2) is 36.9 Å². The van der Waals surface area contributed by atoms with E-state index in [2.05, 4.69) is 10.3 Å². The molecule has 1 N–H and O–H groups in total. The third kappa shape index (κ3) is 2.29. The van der Waals surface area contributed by atoms with Gasteiger partial charge in [-0.2, -0.15) is 0 Å². The van der Waals surface area contributed by atoms with Gasteiger partial charge in [-0.25, -0.2) is 9.37 Å². The Morgan fingerprint density at radius 2 is 2.39 bits per heavy atom. The molecule has 1 aliphatic carbocycles. The Balaban J connectivity index is 1.59. The lowest BCUT2D eigenvalue weighted by Gasteiger charge is -2.14. The molecule has 3 rings (SSSR count). The number of hydrogen-bond donors (Lipinski definition) is 1. The van der Waals surface area contributed by atoms with Crippen LogP contribution in [0.25, 0.3) is 0 Å². The maximum Gasteiger partial charge on any atom is 0.123 e. The zero-order chi connectivity index (χ0) is 12.4. The van der Waals surface area contributed by atoms with Crippen molar-refractivity contribution in [2.75, 3.05) is 6.54 Å². The van der Waals surface area contributed by atoms with Crippen molar-refractivity contribution in [1.29, 1.82) is 0 Å². The van der Waals surface area contributed by atoms with Crippen LogP contribution in [0.4, 0.5) is 4.39 Å². The van der Waals surface area contributed by atoms with Crippen molar-refractivity contribution in [1.82, 2.24) is 14.9 Å². The molecule has 1 unspecified atom stereocenters. The van der Waals surface area contributed by atoms with Crippen molar-refractivity contribution in [3.63, 3.8) is 0 Å². The van der Waals surface area contributed by atoms with E-state index < -0.39 is 0 Å². The average Bonchev–Trinajstić information content (AvgIpc) is 2.99. The molecule has 1 heterocycles. The molecule has 94 valence electrons. The van der Waals surface area contributed by atoms with Crippen molar-refractivity contribution >= 4 is 0 Å². The maximum absolute atomic E-state index is 13.1. The standard InChI is InChI=1S/C14H16FN3/c15-12-2-3-13-11(9-12)1-4-14(13)17-6-8-18-7-5-16-10-18/h2-3,5,7,9-10,14,17H,1,4,6,8H2. The van der Waals surface area contributed by atoms with Crippen LogP contribution in [-0.2, 0) is 13.0 Å². The number of nitrogens with zero attached hydrogens (tertiary/aromatic N) is 2. The normalized spacial score (nSPS) is 17.9. The van der Waals surface area contributed by atoms with Crippen LogP contribution in [0.2, 0.25) is 0 Å². The highest BCUT2D eigenvalue weighted by Crippen LogP contribution is 2.31. The number of halogens is 1. The van der Waals surface area contributed by atoms with Gasteiger partial charge in [0.05, 0.1) is 6.33 Å². The average molecular weight is 245 g/mol. The molecular weight excluding hydrogens is 229 g/mol. The second-order valence-electron chi connectivity index (χ2n) is 4.69. The van der Waals surface area contributed by atoms with E-state index in [0.29, 0.717) is 6.04 Å². The topological polar surface area (TPSA) is 29.9 Å². The predicted octanol–water partition coefficient (Wildman–Crippen LogP) is 2.30. The first kappa shape index (κ1) is 11.4. The van der Waals surface area contributed by atoms with E-state index in [-0.39, 0.29) is 5.82 Å². The molecule has 0 aliphatic heterocycles. The maximum atomic E-state index is 13.1. The lowest BCUT2D eigenvalue weighted by Crippen LogP contribution is -2.23. The van der Waals surface area contributed by atoms with Crippen LogP contribution in [0.1, 0.15) is 23.6 Å². The number of aryl methyl sites for hydroxylation is 1. The van der Waals surface area contributed by atoms with Gasteiger partial charge in [0.15, 0.2) is 0 Å². The summed E-state index contributed by atoms with van der Waals surface area (Å²) in [6, 6.07) is 5.48. The van der Waals surface area contributed by atoms with Crippen molar-refractivity contribution in [2.24, 2.45) is 0 Å². The summed E-state index contributed by atoms with van der Waals surface area (Å²) in [6.45, 7) is 1.81. The summed E-state index contributed by atoms with van der Waals surface area (Å²) in [5.41, 5.74) is 2.40. The van der Waals surface area contributed by atoms with Crippen LogP contribution in [0.5, 0.6) is 0 Å². The van der Waals surface area contributed by atoms with Gasteiger partial charge < -0.3 is 9.88 Å². The molecule has 0 saturated carbocycles. The van der Waals surface area contributed by atoms with E-state index in [4.69, 9.17) is 0 Å². The van der Waals surface area contributed by atoms with Crippen molar-refractivity contribution in [3.8, 4) is 0 Å². The zero-order valence-electron chi connectivity index (χ0n) is 10.1. The molecule has 0 saturated heterocycles. The van der Waals surface area contributed by atoms with Crippen molar-refractivity contribution < 1.29 is 4.39 Å². The van der Waals surface area contributed by atoms with Gasteiger partial charge in [-0.3, -0.25) is 0 Å². The second kappa shape index (κ2) is 4.90. The second-order valence-corrected chi connectivity index (χ2v) is 4.69. The number of aromatic nitrogens is 2. The van der Waals surface area contributed by atoms with Crippen LogP contribution >= 0.6 is 0 Å². The van der Waals surface area contributed by atoms with Gasteiger partial charge in [0.1, 0.15) is 5.82 Å². The van der Waals surface area contributed by atoms with Crippen molar-refractivity contribution in [3.05, 3.63) is 53.9 Å². The molecule has 1 atom stereocenters. The molecular formula is C14H16FN3. The number of imidazole rings is 1. The fourth-order valence-electron chi connectivity index (χ4n) is 2.59. The van der Waals surface area contributed by atoms with Gasteiger partial charge in [0.2, 0.25) is 0 Å². The molecule has 18 heavy (non-hydrogen) atoms. The van der Waals surface area contributed by atoms with Crippen LogP contribution < -0.4 is 5.32 Å². The summed E-state index contributed by atoms with van der Waals surface area (Å²) in [4.78, 5) is 4.01. The van der Waals surface area contributed by atoms with Gasteiger partial charge in [-0.1, -0.05) is 6.07 Å². The molecule has 1 aromatic heterocycles. The van der Waals surface area contributed by atoms with E-state index in [1.165, 1.54) is 5.56 Å². The molecule has 4 heteroatoms. The Bertz CT molecular complexity index is 522. The Labute approximate surface area is 106 Å². The Hall–Kier alpha value is -1.68. The first-order valence-corrected chi connectivity index (χ1v) is 6.30. The highest BCUT2D eigenvalue weighted by Gasteiger charge is 2.21. The van der Waals surface area contributed by atoms with Crippen LogP contribution in [0, 0.1) is 5.82 Å². The Morgan fingerprint density at radius 1 is 1.44 bits per heavy atom. The van der Waals surface area contributed by atoms with E-state index >= 15 is 0 Å². The summed E-state index contributed by atoms with van der Waals surface area (Å²) >= 11 is 0. The number of nitrogens with one attached hydrogen (secondary N) is 1. The Morgan fingerprint density at radius 3 is 3.22 bits per heavy atom. The van der Waals surface area contributed by atoms with E-state index in [9.17, 15) is 4.39 Å². The molecule has 1 aliphatic rings. The summed E-state index contributed by atoms with van der Waals surface area (Å²) in [7, 11) is 0. The number of benzene rings is 1. The smallest absolute Gasteiger partial charge is 0.123 e. The summed E-state index contributed by atoms with van der Waals surface area (Å²) in [5, 5.41) is 3.52. The third-order valence-corrected chi connectivity index (χ3v) is 3.50. The van der Waals surface area contributed by atoms with Gasteiger partial charge in [-0.05, 0) is 36.1 Å². The molecule has 1 aromatic carbocycles. The molecule has 0 amide bonds. The predicted molar refractivity (Wildman–Crippen MR) is 67.7 cm³/mol. The molecule has 2 aromatic rings. The minimum atomic E-state index is -0.132. The quantitative estimate of drug-likeness (QED) is 0.895. The Kier molecular flexibility index (Phi) is 3.11. The molecule has 0 bridgehead atoms. The zero-order valence-corrected chi connectivity index (χ0v) is 10.1. The molecule has 3 nitrogen and oxygen atoms in total. The largest absolute Gasteiger partial charge is 0.336 e. The first-order valence-electron chi connectivity index (χ1n) is 6.30. The highest BCUT2D eigenvalue weighted by molar-refractivity contribution is 5.34. The van der Waals surface area contributed by atoms with Gasteiger partial charge in [-0.15, -0.1) is 0 Å². The number of fused-ring (bicyclic) bond motifs is 1. The third-order valence-electron chi connectivity index (χ3n) is 3.50. The van der Waals surface area contributed by atoms with Crippen LogP contribution in [-0.4, -0.2) is 16.1 Å². The minimum Gasteiger partial charge on any atom is -0.336 e. The van der Waals surface area contributed by atoms with Gasteiger partial charge in [0, 0.05) is 31.5 Å². The van der Waals surface area contributed by atoms with E-state index in [0.717, 1.165) is 31.5 Å². The lowest BCUT2D eigenvalue weighted by atomic mass is 10.1. The van der Waals surface area contributed by atoms with Gasteiger partial charge >= 0.3 is 0 Å². The van der Waals surface area contributed by atoms with E-state index in [1.807, 2.05) is 23.2 Å². The number of rotatable bonds is 4. The summed E-state index contributed by atoms with van der Waals surface area (Å²) in [6.07, 6.45) is 7.59. The molecule has 0 fully saturated rings. The van der Waals surface area contributed by atoms with E-state index in [1.54, 1.807) is 18.3 Å². The summed E-state index contributed by atoms with van der Waals surface area (Å²) < 4.78 is 15.1. The SMILES string of the molecule is Fc1ccc2c(c1)CCC2NCCn1ccnc1.